The van der Waals surface area contributed by atoms with Crippen molar-refractivity contribution in [3.05, 3.63) is 27.1 Å². The van der Waals surface area contributed by atoms with Gasteiger partial charge in [-0.3, -0.25) is 9.59 Å². The highest BCUT2D eigenvalue weighted by molar-refractivity contribution is 7.20. The molecular weight excluding hydrogens is 346 g/mol. The molecule has 1 N–H and O–H groups in total. The van der Waals surface area contributed by atoms with Gasteiger partial charge in [0.05, 0.1) is 16.6 Å². The largest absolute Gasteiger partial charge is 0.351 e. The van der Waals surface area contributed by atoms with Gasteiger partial charge in [-0.2, -0.15) is 0 Å². The number of fused-ring (bicyclic) bond motifs is 1. The van der Waals surface area contributed by atoms with Crippen LogP contribution in [0.4, 0.5) is 0 Å². The van der Waals surface area contributed by atoms with Crippen LogP contribution in [0.5, 0.6) is 0 Å². The predicted octanol–water partition coefficient (Wildman–Crippen LogP) is 3.25. The number of amides is 1. The van der Waals surface area contributed by atoms with Crippen molar-refractivity contribution in [3.63, 3.8) is 0 Å². The van der Waals surface area contributed by atoms with Crippen molar-refractivity contribution in [1.29, 1.82) is 0 Å². The standard InChI is InChI=1S/C20H25N3O2S/c1-11-15-18(22-10-23(2)19(15)25)26-16(11)17(24)21-9-20-6-12-3-13(7-20)5-14(4-12)8-20/h10,12-14H,3-9H2,1-2H3,(H,21,24). The Morgan fingerprint density at radius 1 is 1.27 bits per heavy atom. The average Bonchev–Trinajstić information content (AvgIpc) is 2.92. The summed E-state index contributed by atoms with van der Waals surface area (Å²) < 4.78 is 1.47. The van der Waals surface area contributed by atoms with Gasteiger partial charge >= 0.3 is 0 Å². The highest BCUT2D eigenvalue weighted by Gasteiger charge is 2.50. The number of carbonyl (C=O) groups excluding carboxylic acids is 1. The molecule has 4 fully saturated rings. The van der Waals surface area contributed by atoms with Gasteiger partial charge in [0, 0.05) is 13.6 Å². The molecule has 2 aromatic heterocycles. The van der Waals surface area contributed by atoms with Crippen LogP contribution in [0.1, 0.15) is 53.8 Å². The topological polar surface area (TPSA) is 64.0 Å². The molecule has 6 heteroatoms. The third kappa shape index (κ3) is 2.45. The molecule has 2 heterocycles. The number of nitrogens with one attached hydrogen (secondary N) is 1. The second kappa shape index (κ2) is 5.65. The summed E-state index contributed by atoms with van der Waals surface area (Å²) in [6.07, 6.45) is 9.62. The fourth-order valence-corrected chi connectivity index (χ4v) is 7.34. The van der Waals surface area contributed by atoms with Gasteiger partial charge in [0.2, 0.25) is 0 Å². The number of nitrogens with zero attached hydrogens (tertiary/aromatic N) is 2. The van der Waals surface area contributed by atoms with Crippen LogP contribution in [-0.2, 0) is 7.05 Å². The normalized spacial score (nSPS) is 32.3. The number of carbonyl (C=O) groups is 1. The van der Waals surface area contributed by atoms with Crippen LogP contribution < -0.4 is 10.9 Å². The molecule has 4 bridgehead atoms. The van der Waals surface area contributed by atoms with E-state index in [1.807, 2.05) is 6.92 Å². The molecule has 4 aliphatic rings. The van der Waals surface area contributed by atoms with Crippen molar-refractivity contribution < 1.29 is 4.79 Å². The Hall–Kier alpha value is -1.69. The molecule has 4 aliphatic carbocycles. The molecule has 5 nitrogen and oxygen atoms in total. The van der Waals surface area contributed by atoms with Crippen molar-refractivity contribution in [2.75, 3.05) is 6.54 Å². The summed E-state index contributed by atoms with van der Waals surface area (Å²) >= 11 is 1.34. The monoisotopic (exact) mass is 371 g/mol. The number of aryl methyl sites for hydroxylation is 2. The molecule has 4 saturated carbocycles. The Kier molecular flexibility index (Phi) is 3.58. The summed E-state index contributed by atoms with van der Waals surface area (Å²) in [5, 5.41) is 3.81. The lowest BCUT2D eigenvalue weighted by atomic mass is 9.49. The minimum Gasteiger partial charge on any atom is -0.351 e. The number of thiophene rings is 1. The second-order valence-electron chi connectivity index (χ2n) is 9.00. The average molecular weight is 372 g/mol. The SMILES string of the molecule is Cc1c(C(=O)NCC23CC4CC(CC(C4)C2)C3)sc2ncn(C)c(=O)c12. The predicted molar refractivity (Wildman–Crippen MR) is 103 cm³/mol. The highest BCUT2D eigenvalue weighted by atomic mass is 32.1. The molecule has 1 amide bonds. The number of hydrogen-bond donors (Lipinski definition) is 1. The van der Waals surface area contributed by atoms with E-state index < -0.39 is 0 Å². The molecule has 0 spiro atoms. The molecular formula is C20H25N3O2S. The lowest BCUT2D eigenvalue weighted by molar-refractivity contribution is -0.0503. The van der Waals surface area contributed by atoms with Gasteiger partial charge in [0.1, 0.15) is 4.83 Å². The van der Waals surface area contributed by atoms with Gasteiger partial charge in [0.25, 0.3) is 11.5 Å². The molecule has 0 aliphatic heterocycles. The smallest absolute Gasteiger partial charge is 0.262 e. The summed E-state index contributed by atoms with van der Waals surface area (Å²) in [6.45, 7) is 2.65. The Bertz CT molecular complexity index is 923. The van der Waals surface area contributed by atoms with Crippen LogP contribution in [0.25, 0.3) is 10.2 Å². The van der Waals surface area contributed by atoms with E-state index in [0.717, 1.165) is 29.9 Å². The fourth-order valence-electron chi connectivity index (χ4n) is 6.28. The van der Waals surface area contributed by atoms with E-state index in [2.05, 4.69) is 10.3 Å². The first-order chi connectivity index (χ1) is 12.4. The zero-order valence-corrected chi connectivity index (χ0v) is 16.2. The maximum absolute atomic E-state index is 12.9. The third-order valence-electron chi connectivity index (χ3n) is 7.01. The van der Waals surface area contributed by atoms with E-state index in [4.69, 9.17) is 0 Å². The zero-order valence-electron chi connectivity index (χ0n) is 15.4. The third-order valence-corrected chi connectivity index (χ3v) is 8.20. The van der Waals surface area contributed by atoms with Gasteiger partial charge in [-0.05, 0) is 74.2 Å². The molecule has 26 heavy (non-hydrogen) atoms. The van der Waals surface area contributed by atoms with E-state index >= 15 is 0 Å². The van der Waals surface area contributed by atoms with Crippen molar-refractivity contribution >= 4 is 27.5 Å². The summed E-state index contributed by atoms with van der Waals surface area (Å²) in [5.74, 6) is 2.62. The van der Waals surface area contributed by atoms with Crippen LogP contribution in [0.3, 0.4) is 0 Å². The van der Waals surface area contributed by atoms with Crippen molar-refractivity contribution in [3.8, 4) is 0 Å². The fraction of sp³-hybridized carbons (Fsp3) is 0.650. The van der Waals surface area contributed by atoms with Crippen LogP contribution in [0, 0.1) is 30.1 Å². The van der Waals surface area contributed by atoms with Gasteiger partial charge < -0.3 is 9.88 Å². The van der Waals surface area contributed by atoms with Gasteiger partial charge in [0.15, 0.2) is 0 Å². The molecule has 138 valence electrons. The molecule has 0 aromatic carbocycles. The maximum Gasteiger partial charge on any atom is 0.262 e. The van der Waals surface area contributed by atoms with Gasteiger partial charge in [-0.15, -0.1) is 11.3 Å². The van der Waals surface area contributed by atoms with Crippen LogP contribution in [-0.4, -0.2) is 22.0 Å². The zero-order chi connectivity index (χ0) is 18.1. The molecule has 0 saturated heterocycles. The van der Waals surface area contributed by atoms with Crippen LogP contribution in [0.15, 0.2) is 11.1 Å². The Morgan fingerprint density at radius 3 is 2.50 bits per heavy atom. The number of hydrogen-bond acceptors (Lipinski definition) is 4. The second-order valence-corrected chi connectivity index (χ2v) is 10.00. The maximum atomic E-state index is 12.9. The summed E-state index contributed by atoms with van der Waals surface area (Å²) in [7, 11) is 1.69. The summed E-state index contributed by atoms with van der Waals surface area (Å²) in [4.78, 5) is 30.9. The van der Waals surface area contributed by atoms with E-state index in [-0.39, 0.29) is 11.5 Å². The Labute approximate surface area is 156 Å². The summed E-state index contributed by atoms with van der Waals surface area (Å²) in [6, 6.07) is 0. The van der Waals surface area contributed by atoms with Crippen LogP contribution >= 0.6 is 11.3 Å². The Morgan fingerprint density at radius 2 is 1.88 bits per heavy atom. The number of rotatable bonds is 3. The van der Waals surface area contributed by atoms with Crippen molar-refractivity contribution in [1.82, 2.24) is 14.9 Å². The molecule has 0 atom stereocenters. The van der Waals surface area contributed by atoms with Crippen LogP contribution in [0.2, 0.25) is 0 Å². The van der Waals surface area contributed by atoms with E-state index in [1.54, 1.807) is 7.05 Å². The van der Waals surface area contributed by atoms with Crippen molar-refractivity contribution in [2.45, 2.75) is 45.4 Å². The first-order valence-corrected chi connectivity index (χ1v) is 10.5. The molecule has 2 aromatic rings. The first kappa shape index (κ1) is 16.5. The van der Waals surface area contributed by atoms with E-state index in [0.29, 0.717) is 20.5 Å². The van der Waals surface area contributed by atoms with Gasteiger partial charge in [-0.1, -0.05) is 0 Å². The lowest BCUT2D eigenvalue weighted by Crippen LogP contribution is -2.51. The van der Waals surface area contributed by atoms with Gasteiger partial charge in [-0.25, -0.2) is 4.98 Å². The quantitative estimate of drug-likeness (QED) is 0.901. The molecule has 6 rings (SSSR count). The minimum atomic E-state index is -0.0797. The minimum absolute atomic E-state index is 0.0386. The van der Waals surface area contributed by atoms with Crippen molar-refractivity contribution in [2.24, 2.45) is 30.2 Å². The summed E-state index contributed by atoms with van der Waals surface area (Å²) in [5.41, 5.74) is 1.01. The Balaban J connectivity index is 1.38. The van der Waals surface area contributed by atoms with E-state index in [1.165, 1.54) is 60.8 Å². The molecule has 0 unspecified atom stereocenters. The van der Waals surface area contributed by atoms with E-state index in [9.17, 15) is 9.59 Å². The molecule has 0 radical (unpaired) electrons. The highest BCUT2D eigenvalue weighted by Crippen LogP contribution is 2.59. The number of aromatic nitrogens is 2. The lowest BCUT2D eigenvalue weighted by Gasteiger charge is -2.56. The first-order valence-electron chi connectivity index (χ1n) is 9.67.